The van der Waals surface area contributed by atoms with Crippen molar-refractivity contribution in [2.75, 3.05) is 7.11 Å². The summed E-state index contributed by atoms with van der Waals surface area (Å²) in [6.07, 6.45) is 3.31. The van der Waals surface area contributed by atoms with E-state index in [1.54, 1.807) is 6.92 Å². The van der Waals surface area contributed by atoms with Gasteiger partial charge in [-0.15, -0.1) is 0 Å². The zero-order valence-corrected chi connectivity index (χ0v) is 10.2. The fourth-order valence-electron chi connectivity index (χ4n) is 2.19. The highest BCUT2D eigenvalue weighted by atomic mass is 16.5. The molecule has 0 saturated heterocycles. The van der Waals surface area contributed by atoms with Gasteiger partial charge < -0.3 is 9.84 Å². The first-order chi connectivity index (χ1) is 6.81. The predicted molar refractivity (Wildman–Crippen MR) is 58.4 cm³/mol. The first-order valence-electron chi connectivity index (χ1n) is 5.61. The Bertz CT molecular complexity index is 235. The van der Waals surface area contributed by atoms with E-state index >= 15 is 0 Å². The summed E-state index contributed by atoms with van der Waals surface area (Å²) in [5.74, 6) is -0.726. The van der Waals surface area contributed by atoms with E-state index < -0.39 is 11.5 Å². The van der Waals surface area contributed by atoms with Gasteiger partial charge in [-0.3, -0.25) is 4.79 Å². The number of carbonyl (C=O) groups excluding carboxylic acids is 1. The zero-order valence-electron chi connectivity index (χ0n) is 10.2. The molecule has 0 spiro atoms. The van der Waals surface area contributed by atoms with Gasteiger partial charge in [-0.25, -0.2) is 0 Å². The van der Waals surface area contributed by atoms with Crippen molar-refractivity contribution >= 4 is 5.97 Å². The Morgan fingerprint density at radius 2 is 1.73 bits per heavy atom. The van der Waals surface area contributed by atoms with E-state index in [4.69, 9.17) is 0 Å². The summed E-state index contributed by atoms with van der Waals surface area (Å²) < 4.78 is 4.68. The largest absolute Gasteiger partial charge is 0.469 e. The first kappa shape index (κ1) is 12.5. The number of hydrogen-bond acceptors (Lipinski definition) is 3. The van der Waals surface area contributed by atoms with Crippen molar-refractivity contribution < 1.29 is 14.6 Å². The minimum Gasteiger partial charge on any atom is -0.469 e. The number of aliphatic hydroxyl groups is 1. The summed E-state index contributed by atoms with van der Waals surface area (Å²) >= 11 is 0. The highest BCUT2D eigenvalue weighted by Crippen LogP contribution is 2.43. The van der Waals surface area contributed by atoms with E-state index in [0.717, 1.165) is 12.8 Å². The van der Waals surface area contributed by atoms with Crippen LogP contribution in [0.15, 0.2) is 0 Å². The van der Waals surface area contributed by atoms with Crippen molar-refractivity contribution in [3.05, 3.63) is 0 Å². The van der Waals surface area contributed by atoms with Gasteiger partial charge >= 0.3 is 5.97 Å². The van der Waals surface area contributed by atoms with Gasteiger partial charge in [0.2, 0.25) is 0 Å². The highest BCUT2D eigenvalue weighted by Gasteiger charge is 2.43. The van der Waals surface area contributed by atoms with Gasteiger partial charge in [0.1, 0.15) is 0 Å². The molecule has 88 valence electrons. The maximum atomic E-state index is 11.4. The quantitative estimate of drug-likeness (QED) is 0.716. The summed E-state index contributed by atoms with van der Waals surface area (Å²) in [4.78, 5) is 11.4. The average Bonchev–Trinajstić information content (AvgIpc) is 2.21. The Morgan fingerprint density at radius 1 is 1.27 bits per heavy atom. The van der Waals surface area contributed by atoms with Crippen LogP contribution in [0.4, 0.5) is 0 Å². The molecule has 1 atom stereocenters. The lowest BCUT2D eigenvalue weighted by Gasteiger charge is -2.42. The molecule has 1 aliphatic carbocycles. The van der Waals surface area contributed by atoms with Crippen molar-refractivity contribution in [2.24, 2.45) is 11.3 Å². The van der Waals surface area contributed by atoms with E-state index in [0.29, 0.717) is 18.3 Å². The van der Waals surface area contributed by atoms with Crippen molar-refractivity contribution in [3.8, 4) is 0 Å². The number of esters is 1. The van der Waals surface area contributed by atoms with Crippen LogP contribution in [-0.4, -0.2) is 23.8 Å². The van der Waals surface area contributed by atoms with Crippen LogP contribution in [0.3, 0.4) is 0 Å². The Labute approximate surface area is 91.8 Å². The molecule has 0 heterocycles. The molecule has 0 amide bonds. The van der Waals surface area contributed by atoms with E-state index in [-0.39, 0.29) is 5.97 Å². The van der Waals surface area contributed by atoms with Crippen LogP contribution in [0.2, 0.25) is 0 Å². The molecule has 1 unspecified atom stereocenters. The van der Waals surface area contributed by atoms with E-state index in [1.165, 1.54) is 7.11 Å². The molecule has 1 N–H and O–H groups in total. The molecule has 1 fully saturated rings. The molecule has 0 aliphatic heterocycles. The lowest BCUT2D eigenvalue weighted by atomic mass is 9.67. The van der Waals surface area contributed by atoms with Gasteiger partial charge in [-0.05, 0) is 38.0 Å². The van der Waals surface area contributed by atoms with Crippen LogP contribution in [-0.2, 0) is 9.53 Å². The summed E-state index contributed by atoms with van der Waals surface area (Å²) in [7, 11) is 1.37. The summed E-state index contributed by atoms with van der Waals surface area (Å²) in [5.41, 5.74) is -0.565. The lowest BCUT2D eigenvalue weighted by Crippen LogP contribution is -2.45. The second kappa shape index (κ2) is 4.12. The van der Waals surface area contributed by atoms with Gasteiger partial charge in [0.05, 0.1) is 18.6 Å². The molecule has 1 saturated carbocycles. The predicted octanol–water partition coefficient (Wildman–Crippen LogP) is 2.13. The van der Waals surface area contributed by atoms with Crippen molar-refractivity contribution in [2.45, 2.75) is 52.1 Å². The summed E-state index contributed by atoms with van der Waals surface area (Å²) in [6, 6.07) is 0. The monoisotopic (exact) mass is 214 g/mol. The van der Waals surface area contributed by atoms with Crippen molar-refractivity contribution in [1.82, 2.24) is 0 Å². The third-order valence-corrected chi connectivity index (χ3v) is 3.83. The molecule has 15 heavy (non-hydrogen) atoms. The van der Waals surface area contributed by atoms with Crippen LogP contribution >= 0.6 is 0 Å². The van der Waals surface area contributed by atoms with E-state index in [1.807, 2.05) is 0 Å². The molecule has 0 bridgehead atoms. The Morgan fingerprint density at radius 3 is 2.13 bits per heavy atom. The highest BCUT2D eigenvalue weighted by molar-refractivity contribution is 5.73. The molecule has 1 rings (SSSR count). The minimum atomic E-state index is -0.859. The molecular formula is C12H22O3. The average molecular weight is 214 g/mol. The Hall–Kier alpha value is -0.570. The van der Waals surface area contributed by atoms with Crippen molar-refractivity contribution in [1.29, 1.82) is 0 Å². The third-order valence-electron chi connectivity index (χ3n) is 3.83. The summed E-state index contributed by atoms with van der Waals surface area (Å²) in [6.45, 7) is 6.16. The number of hydrogen-bond donors (Lipinski definition) is 1. The molecular weight excluding hydrogens is 192 g/mol. The van der Waals surface area contributed by atoms with Gasteiger partial charge in [0, 0.05) is 0 Å². The van der Waals surface area contributed by atoms with Gasteiger partial charge in [-0.2, -0.15) is 0 Å². The van der Waals surface area contributed by atoms with Crippen LogP contribution in [0.1, 0.15) is 46.5 Å². The van der Waals surface area contributed by atoms with Gasteiger partial charge in [0.15, 0.2) is 0 Å². The Kier molecular flexibility index (Phi) is 3.44. The lowest BCUT2D eigenvalue weighted by molar-refractivity contribution is -0.158. The van der Waals surface area contributed by atoms with E-state index in [2.05, 4.69) is 18.6 Å². The fourth-order valence-corrected chi connectivity index (χ4v) is 2.19. The third kappa shape index (κ3) is 2.71. The number of ether oxygens (including phenoxy) is 1. The van der Waals surface area contributed by atoms with Crippen LogP contribution in [0, 0.1) is 11.3 Å². The standard InChI is InChI=1S/C12H22O3/c1-9(10(13)15-4)12(14)7-5-11(2,3)6-8-12/h9,14H,5-8H2,1-4H3. The van der Waals surface area contributed by atoms with Crippen LogP contribution in [0.5, 0.6) is 0 Å². The molecule has 1 aliphatic rings. The van der Waals surface area contributed by atoms with Crippen LogP contribution < -0.4 is 0 Å². The normalized spacial score (nSPS) is 25.7. The molecule has 0 aromatic heterocycles. The van der Waals surface area contributed by atoms with Gasteiger partial charge in [-0.1, -0.05) is 13.8 Å². The number of methoxy groups -OCH3 is 1. The first-order valence-corrected chi connectivity index (χ1v) is 5.61. The molecule has 3 heteroatoms. The maximum Gasteiger partial charge on any atom is 0.311 e. The van der Waals surface area contributed by atoms with Gasteiger partial charge in [0.25, 0.3) is 0 Å². The second-order valence-corrected chi connectivity index (χ2v) is 5.51. The molecule has 0 aromatic carbocycles. The Balaban J connectivity index is 2.66. The number of carbonyl (C=O) groups is 1. The molecule has 0 radical (unpaired) electrons. The smallest absolute Gasteiger partial charge is 0.311 e. The molecule has 3 nitrogen and oxygen atoms in total. The fraction of sp³-hybridized carbons (Fsp3) is 0.917. The zero-order chi connectivity index (χ0) is 11.7. The number of rotatable bonds is 2. The second-order valence-electron chi connectivity index (χ2n) is 5.51. The van der Waals surface area contributed by atoms with E-state index in [9.17, 15) is 9.90 Å². The SMILES string of the molecule is COC(=O)C(C)C1(O)CCC(C)(C)CC1. The molecule has 0 aromatic rings. The minimum absolute atomic E-state index is 0.294. The van der Waals surface area contributed by atoms with Crippen LogP contribution in [0.25, 0.3) is 0 Å². The maximum absolute atomic E-state index is 11.4. The topological polar surface area (TPSA) is 46.5 Å². The van der Waals surface area contributed by atoms with Crippen molar-refractivity contribution in [3.63, 3.8) is 0 Å². The summed E-state index contributed by atoms with van der Waals surface area (Å²) in [5, 5.41) is 10.4.